The van der Waals surface area contributed by atoms with E-state index in [1.54, 1.807) is 4.90 Å². The maximum atomic E-state index is 13.4. The molecule has 32 heavy (non-hydrogen) atoms. The Morgan fingerprint density at radius 1 is 1.12 bits per heavy atom. The van der Waals surface area contributed by atoms with E-state index in [0.29, 0.717) is 37.3 Å². The average molecular weight is 443 g/mol. The van der Waals surface area contributed by atoms with Gasteiger partial charge in [0.15, 0.2) is 12.6 Å². The van der Waals surface area contributed by atoms with Crippen molar-refractivity contribution in [3.05, 3.63) is 30.3 Å². The largest absolute Gasteiger partial charge is 0.484 e. The van der Waals surface area contributed by atoms with Gasteiger partial charge in [-0.15, -0.1) is 0 Å². The zero-order valence-corrected chi connectivity index (χ0v) is 19.6. The predicted molar refractivity (Wildman–Crippen MR) is 126 cm³/mol. The van der Waals surface area contributed by atoms with E-state index in [9.17, 15) is 9.59 Å². The molecular weight excluding hydrogens is 404 g/mol. The smallest absolute Gasteiger partial charge is 0.260 e. The fourth-order valence-corrected chi connectivity index (χ4v) is 4.62. The molecule has 1 aromatic rings. The van der Waals surface area contributed by atoms with Gasteiger partial charge in [-0.3, -0.25) is 14.5 Å². The highest BCUT2D eigenvalue weighted by Gasteiger charge is 2.47. The number of carbonyl (C=O) groups excluding carboxylic acids is 2. The summed E-state index contributed by atoms with van der Waals surface area (Å²) in [5, 5.41) is 0. The van der Waals surface area contributed by atoms with Crippen molar-refractivity contribution in [3.8, 4) is 5.75 Å². The van der Waals surface area contributed by atoms with Gasteiger partial charge in [0.05, 0.1) is 0 Å². The summed E-state index contributed by atoms with van der Waals surface area (Å²) in [5.74, 6) is 1.47. The lowest BCUT2D eigenvalue weighted by molar-refractivity contribution is -0.136. The Balaban J connectivity index is 1.50. The second-order valence-corrected chi connectivity index (χ2v) is 9.05. The second-order valence-electron chi connectivity index (χ2n) is 9.05. The molecule has 0 atom stereocenters. The lowest BCUT2D eigenvalue weighted by Crippen LogP contribution is -2.48. The first-order chi connectivity index (χ1) is 15.5. The molecule has 2 N–H and O–H groups in total. The van der Waals surface area contributed by atoms with Crippen LogP contribution in [0.3, 0.4) is 0 Å². The van der Waals surface area contributed by atoms with Gasteiger partial charge in [0.2, 0.25) is 0 Å². The van der Waals surface area contributed by atoms with Crippen LogP contribution in [0.25, 0.3) is 0 Å². The maximum Gasteiger partial charge on any atom is 0.260 e. The lowest BCUT2D eigenvalue weighted by Gasteiger charge is -2.34. The van der Waals surface area contributed by atoms with Gasteiger partial charge in [0.1, 0.15) is 11.3 Å². The zero-order valence-electron chi connectivity index (χ0n) is 19.6. The van der Waals surface area contributed by atoms with E-state index in [1.807, 2.05) is 35.2 Å². The van der Waals surface area contributed by atoms with Gasteiger partial charge in [0.25, 0.3) is 11.8 Å². The quantitative estimate of drug-likeness (QED) is 0.567. The van der Waals surface area contributed by atoms with Crippen LogP contribution in [-0.2, 0) is 9.59 Å². The molecule has 2 aliphatic heterocycles. The third-order valence-corrected chi connectivity index (χ3v) is 6.65. The summed E-state index contributed by atoms with van der Waals surface area (Å²) < 4.78 is 5.59. The van der Waals surface area contributed by atoms with E-state index in [4.69, 9.17) is 15.5 Å². The molecule has 1 fully saturated rings. The maximum absolute atomic E-state index is 13.4. The van der Waals surface area contributed by atoms with Crippen LogP contribution in [0.5, 0.6) is 5.75 Å². The molecule has 0 saturated carbocycles. The molecular formula is C25H38N4O3. The molecule has 2 heterocycles. The Morgan fingerprint density at radius 2 is 1.75 bits per heavy atom. The number of hydrogen-bond acceptors (Lipinski definition) is 5. The molecule has 7 nitrogen and oxygen atoms in total. The minimum Gasteiger partial charge on any atom is -0.484 e. The van der Waals surface area contributed by atoms with Crippen molar-refractivity contribution in [3.63, 3.8) is 0 Å². The van der Waals surface area contributed by atoms with Crippen molar-refractivity contribution in [2.75, 3.05) is 26.2 Å². The van der Waals surface area contributed by atoms with Crippen LogP contribution in [0.1, 0.15) is 65.2 Å². The van der Waals surface area contributed by atoms with Gasteiger partial charge in [-0.25, -0.2) is 4.99 Å². The summed E-state index contributed by atoms with van der Waals surface area (Å²) in [4.78, 5) is 34.2. The minimum absolute atomic E-state index is 0.00350. The highest BCUT2D eigenvalue weighted by atomic mass is 16.5. The molecule has 0 spiro atoms. The van der Waals surface area contributed by atoms with Crippen molar-refractivity contribution in [2.45, 2.75) is 70.8 Å². The number of amides is 2. The molecule has 0 bridgehead atoms. The highest BCUT2D eigenvalue weighted by Crippen LogP contribution is 2.34. The molecule has 1 aromatic carbocycles. The number of unbranched alkanes of at least 4 members (excludes halogenated alkanes) is 2. The Hall–Kier alpha value is -2.57. The molecule has 2 amide bonds. The average Bonchev–Trinajstić information content (AvgIpc) is 3.05. The van der Waals surface area contributed by atoms with Crippen LogP contribution in [0.2, 0.25) is 0 Å². The lowest BCUT2D eigenvalue weighted by atomic mass is 9.87. The topological polar surface area (TPSA) is 88.2 Å². The van der Waals surface area contributed by atoms with Gasteiger partial charge in [-0.2, -0.15) is 0 Å². The Bertz CT molecular complexity index is 780. The van der Waals surface area contributed by atoms with Crippen LogP contribution in [0, 0.1) is 5.92 Å². The summed E-state index contributed by atoms with van der Waals surface area (Å²) in [7, 11) is 0. The number of likely N-dealkylation sites (tertiary alicyclic amines) is 1. The van der Waals surface area contributed by atoms with Crippen LogP contribution in [0.4, 0.5) is 0 Å². The number of rotatable bonds is 11. The fourth-order valence-electron chi connectivity index (χ4n) is 4.62. The number of nitrogens with two attached hydrogens (primary N) is 1. The van der Waals surface area contributed by atoms with Crippen molar-refractivity contribution < 1.29 is 14.3 Å². The van der Waals surface area contributed by atoms with E-state index in [0.717, 1.165) is 51.4 Å². The summed E-state index contributed by atoms with van der Waals surface area (Å²) >= 11 is 0. The van der Waals surface area contributed by atoms with Crippen LogP contribution in [-0.4, -0.2) is 59.4 Å². The van der Waals surface area contributed by atoms with Crippen LogP contribution < -0.4 is 10.5 Å². The predicted octanol–water partition coefficient (Wildman–Crippen LogP) is 3.58. The number of para-hydroxylation sites is 1. The zero-order chi connectivity index (χ0) is 23.0. The molecule has 7 heteroatoms. The number of hydrogen-bond donors (Lipinski definition) is 1. The number of carbonyl (C=O) groups is 2. The molecule has 0 aliphatic carbocycles. The van der Waals surface area contributed by atoms with Gasteiger partial charge >= 0.3 is 0 Å². The first-order valence-corrected chi connectivity index (χ1v) is 12.1. The molecule has 1 saturated heterocycles. The Morgan fingerprint density at radius 3 is 2.34 bits per heavy atom. The van der Waals surface area contributed by atoms with Crippen molar-refractivity contribution in [2.24, 2.45) is 16.6 Å². The van der Waals surface area contributed by atoms with Gasteiger partial charge in [-0.1, -0.05) is 57.7 Å². The number of ether oxygens (including phenoxy) is 1. The van der Waals surface area contributed by atoms with E-state index in [-0.39, 0.29) is 18.4 Å². The normalized spacial score (nSPS) is 18.7. The first kappa shape index (κ1) is 24.1. The number of piperidine rings is 1. The minimum atomic E-state index is -0.665. The van der Waals surface area contributed by atoms with Gasteiger partial charge in [-0.05, 0) is 43.7 Å². The number of benzene rings is 1. The highest BCUT2D eigenvalue weighted by molar-refractivity contribution is 6.06. The second kappa shape index (κ2) is 11.3. The fraction of sp³-hybridized carbons (Fsp3) is 0.640. The first-order valence-electron chi connectivity index (χ1n) is 12.1. The monoisotopic (exact) mass is 442 g/mol. The van der Waals surface area contributed by atoms with E-state index in [2.05, 4.69) is 13.8 Å². The standard InChI is InChI=1S/C25H38N4O3/c1-3-5-14-25(15-6-4-2)23(31)29(24(26)27-25)18-20-12-16-28(17-13-20)22(30)19-32-21-10-8-7-9-11-21/h7-11,20H,3-6,12-19H2,1-2H3,(H2,26,27). The van der Waals surface area contributed by atoms with Crippen molar-refractivity contribution >= 4 is 17.8 Å². The van der Waals surface area contributed by atoms with Crippen molar-refractivity contribution in [1.29, 1.82) is 0 Å². The molecule has 2 aliphatic rings. The van der Waals surface area contributed by atoms with Gasteiger partial charge in [0, 0.05) is 19.6 Å². The molecule has 3 rings (SSSR count). The summed E-state index contributed by atoms with van der Waals surface area (Å²) in [6.07, 6.45) is 7.28. The third kappa shape index (κ3) is 5.81. The number of nitrogens with zero attached hydrogens (tertiary/aromatic N) is 3. The molecule has 176 valence electrons. The van der Waals surface area contributed by atoms with Crippen LogP contribution >= 0.6 is 0 Å². The molecule has 0 unspecified atom stereocenters. The van der Waals surface area contributed by atoms with E-state index >= 15 is 0 Å². The molecule has 0 aromatic heterocycles. The van der Waals surface area contributed by atoms with Gasteiger partial charge < -0.3 is 15.4 Å². The molecule has 0 radical (unpaired) electrons. The summed E-state index contributed by atoms with van der Waals surface area (Å²) in [6, 6.07) is 9.39. The third-order valence-electron chi connectivity index (χ3n) is 6.65. The van der Waals surface area contributed by atoms with Crippen molar-refractivity contribution in [1.82, 2.24) is 9.80 Å². The Labute approximate surface area is 192 Å². The summed E-state index contributed by atoms with van der Waals surface area (Å²) in [6.45, 7) is 6.28. The SMILES string of the molecule is CCCCC1(CCCC)N=C(N)N(CC2CCN(C(=O)COc3ccccc3)CC2)C1=O. The Kier molecular flexibility index (Phi) is 8.53. The number of aliphatic imine (C=N–C) groups is 1. The van der Waals surface area contributed by atoms with Crippen LogP contribution in [0.15, 0.2) is 35.3 Å². The van der Waals surface area contributed by atoms with E-state index < -0.39 is 5.54 Å². The summed E-state index contributed by atoms with van der Waals surface area (Å²) in [5.41, 5.74) is 5.58. The van der Waals surface area contributed by atoms with E-state index in [1.165, 1.54) is 0 Å². The number of guanidine groups is 1.